The van der Waals surface area contributed by atoms with Gasteiger partial charge in [0, 0.05) is 13.2 Å². The molecule has 1 aromatic rings. The predicted molar refractivity (Wildman–Crippen MR) is 32.0 cm³/mol. The quantitative estimate of drug-likeness (QED) is 0.386. The summed E-state index contributed by atoms with van der Waals surface area (Å²) in [6.45, 7) is 0.563. The number of hydrogen-bond acceptors (Lipinski definition) is 4. The fraction of sp³-hybridized carbons (Fsp3) is 0.500. The molecule has 3 N–H and O–H groups in total. The van der Waals surface area contributed by atoms with E-state index in [-0.39, 0.29) is 0 Å². The van der Waals surface area contributed by atoms with Crippen molar-refractivity contribution in [3.05, 3.63) is 11.9 Å². The molecule has 0 saturated carbocycles. The summed E-state index contributed by atoms with van der Waals surface area (Å²) in [6.07, 6.45) is 1.81. The molecule has 0 aliphatic carbocycles. The molecule has 0 fully saturated rings. The molecule has 9 heavy (non-hydrogen) atoms. The van der Waals surface area contributed by atoms with Crippen molar-refractivity contribution in [2.75, 3.05) is 0 Å². The van der Waals surface area contributed by atoms with Gasteiger partial charge in [0.1, 0.15) is 0 Å². The Bertz CT molecular complexity index is 181. The van der Waals surface area contributed by atoms with E-state index in [1.165, 1.54) is 0 Å². The van der Waals surface area contributed by atoms with Gasteiger partial charge < -0.3 is 0 Å². The van der Waals surface area contributed by atoms with Crippen LogP contribution in [0, 0.1) is 0 Å². The molecule has 0 spiro atoms. The molecule has 0 radical (unpaired) electrons. The van der Waals surface area contributed by atoms with Crippen LogP contribution >= 0.6 is 0 Å². The van der Waals surface area contributed by atoms with Gasteiger partial charge in [-0.25, -0.2) is 0 Å². The van der Waals surface area contributed by atoms with Gasteiger partial charge in [0.25, 0.3) is 0 Å². The monoisotopic (exact) mass is 127 g/mol. The van der Waals surface area contributed by atoms with Crippen molar-refractivity contribution in [3.8, 4) is 0 Å². The first-order valence-electron chi connectivity index (χ1n) is 2.61. The van der Waals surface area contributed by atoms with Crippen molar-refractivity contribution in [1.29, 1.82) is 0 Å². The maximum absolute atomic E-state index is 5.04. The summed E-state index contributed by atoms with van der Waals surface area (Å²) in [4.78, 5) is 0. The Balaban J connectivity index is 2.61. The van der Waals surface area contributed by atoms with E-state index in [0.717, 1.165) is 5.69 Å². The lowest BCUT2D eigenvalue weighted by molar-refractivity contribution is 0.701. The summed E-state index contributed by atoms with van der Waals surface area (Å²) in [6, 6.07) is 0. The van der Waals surface area contributed by atoms with Crippen molar-refractivity contribution < 1.29 is 0 Å². The minimum atomic E-state index is 0.563. The summed E-state index contributed by atoms with van der Waals surface area (Å²) in [5.41, 5.74) is 3.33. The first kappa shape index (κ1) is 6.18. The van der Waals surface area contributed by atoms with Crippen LogP contribution in [-0.4, -0.2) is 15.0 Å². The van der Waals surface area contributed by atoms with Crippen molar-refractivity contribution in [2.24, 2.45) is 12.9 Å². The van der Waals surface area contributed by atoms with Gasteiger partial charge in [-0.2, -0.15) is 0 Å². The summed E-state index contributed by atoms with van der Waals surface area (Å²) in [7, 11) is 1.81. The third-order valence-electron chi connectivity index (χ3n) is 0.933. The minimum absolute atomic E-state index is 0.563. The summed E-state index contributed by atoms with van der Waals surface area (Å²) in [5.74, 6) is 5.04. The number of hydrogen-bond donors (Lipinski definition) is 2. The highest BCUT2D eigenvalue weighted by atomic mass is 15.4. The first-order valence-corrected chi connectivity index (χ1v) is 2.61. The highest BCUT2D eigenvalue weighted by Gasteiger charge is 1.92. The number of aryl methyl sites for hydroxylation is 1. The Morgan fingerprint density at radius 1 is 1.89 bits per heavy atom. The van der Waals surface area contributed by atoms with Crippen LogP contribution < -0.4 is 11.3 Å². The van der Waals surface area contributed by atoms with Gasteiger partial charge >= 0.3 is 0 Å². The van der Waals surface area contributed by atoms with E-state index in [4.69, 9.17) is 5.84 Å². The lowest BCUT2D eigenvalue weighted by Crippen LogP contribution is -2.20. The minimum Gasteiger partial charge on any atom is -0.271 e. The molecule has 0 aliphatic rings. The van der Waals surface area contributed by atoms with Crippen LogP contribution in [0.15, 0.2) is 6.20 Å². The van der Waals surface area contributed by atoms with E-state index in [1.54, 1.807) is 10.9 Å². The standard InChI is InChI=1S/C4H9N5/c1-9-3-4(2-6-5)7-8-9/h3,6H,2,5H2,1H3. The zero-order valence-electron chi connectivity index (χ0n) is 5.20. The lowest BCUT2D eigenvalue weighted by Gasteiger charge is -1.87. The molecule has 0 aliphatic heterocycles. The normalized spacial score (nSPS) is 10.0. The molecule has 5 nitrogen and oxygen atoms in total. The van der Waals surface area contributed by atoms with Gasteiger partial charge in [0.15, 0.2) is 0 Å². The van der Waals surface area contributed by atoms with Crippen molar-refractivity contribution in [2.45, 2.75) is 6.54 Å². The third kappa shape index (κ3) is 1.48. The Hall–Kier alpha value is -0.940. The highest BCUT2D eigenvalue weighted by molar-refractivity contribution is 4.89. The molecule has 0 saturated heterocycles. The van der Waals surface area contributed by atoms with Crippen LogP contribution in [0.1, 0.15) is 5.69 Å². The Morgan fingerprint density at radius 3 is 3.11 bits per heavy atom. The van der Waals surface area contributed by atoms with Gasteiger partial charge in [-0.1, -0.05) is 5.21 Å². The summed E-state index contributed by atoms with van der Waals surface area (Å²) >= 11 is 0. The number of nitrogens with two attached hydrogens (primary N) is 1. The van der Waals surface area contributed by atoms with Gasteiger partial charge in [-0.3, -0.25) is 16.0 Å². The second-order valence-corrected chi connectivity index (χ2v) is 1.76. The fourth-order valence-electron chi connectivity index (χ4n) is 0.581. The van der Waals surface area contributed by atoms with E-state index >= 15 is 0 Å². The molecule has 0 amide bonds. The van der Waals surface area contributed by atoms with E-state index in [9.17, 15) is 0 Å². The van der Waals surface area contributed by atoms with Crippen LogP contribution in [0.5, 0.6) is 0 Å². The van der Waals surface area contributed by atoms with Crippen LogP contribution in [0.3, 0.4) is 0 Å². The van der Waals surface area contributed by atoms with Crippen LogP contribution in [0.2, 0.25) is 0 Å². The molecule has 0 bridgehead atoms. The molecule has 1 aromatic heterocycles. The number of aromatic nitrogens is 3. The summed E-state index contributed by atoms with van der Waals surface area (Å²) in [5, 5.41) is 7.48. The van der Waals surface area contributed by atoms with Gasteiger partial charge in [-0.05, 0) is 0 Å². The van der Waals surface area contributed by atoms with Crippen molar-refractivity contribution in [1.82, 2.24) is 20.4 Å². The molecule has 5 heteroatoms. The molecular formula is C4H9N5. The molecule has 1 rings (SSSR count). The Morgan fingerprint density at radius 2 is 2.67 bits per heavy atom. The van der Waals surface area contributed by atoms with Crippen molar-refractivity contribution in [3.63, 3.8) is 0 Å². The van der Waals surface area contributed by atoms with Crippen LogP contribution in [-0.2, 0) is 13.6 Å². The number of nitrogens with zero attached hydrogens (tertiary/aromatic N) is 3. The number of rotatable bonds is 2. The maximum Gasteiger partial charge on any atom is 0.0978 e. The Labute approximate surface area is 52.8 Å². The molecular weight excluding hydrogens is 118 g/mol. The molecule has 0 unspecified atom stereocenters. The molecule has 1 heterocycles. The van der Waals surface area contributed by atoms with Crippen molar-refractivity contribution >= 4 is 0 Å². The zero-order chi connectivity index (χ0) is 6.69. The SMILES string of the molecule is Cn1cc(CNN)nn1. The smallest absolute Gasteiger partial charge is 0.0978 e. The van der Waals surface area contributed by atoms with E-state index in [1.807, 2.05) is 7.05 Å². The summed E-state index contributed by atoms with van der Waals surface area (Å²) < 4.78 is 1.63. The largest absolute Gasteiger partial charge is 0.271 e. The highest BCUT2D eigenvalue weighted by Crippen LogP contribution is 1.86. The van der Waals surface area contributed by atoms with E-state index in [0.29, 0.717) is 6.54 Å². The van der Waals surface area contributed by atoms with E-state index < -0.39 is 0 Å². The van der Waals surface area contributed by atoms with Gasteiger partial charge in [-0.15, -0.1) is 5.10 Å². The van der Waals surface area contributed by atoms with Crippen LogP contribution in [0.25, 0.3) is 0 Å². The molecule has 0 aromatic carbocycles. The maximum atomic E-state index is 5.04. The van der Waals surface area contributed by atoms with Gasteiger partial charge in [0.05, 0.1) is 12.2 Å². The number of hydrazine groups is 1. The fourth-order valence-corrected chi connectivity index (χ4v) is 0.581. The average molecular weight is 127 g/mol. The first-order chi connectivity index (χ1) is 4.33. The Kier molecular flexibility index (Phi) is 1.76. The third-order valence-corrected chi connectivity index (χ3v) is 0.933. The molecule has 50 valence electrons. The average Bonchev–Trinajstić information content (AvgIpc) is 2.17. The zero-order valence-corrected chi connectivity index (χ0v) is 5.20. The second-order valence-electron chi connectivity index (χ2n) is 1.76. The molecule has 0 atom stereocenters. The topological polar surface area (TPSA) is 68.8 Å². The number of nitrogens with one attached hydrogen (secondary N) is 1. The van der Waals surface area contributed by atoms with Crippen LogP contribution in [0.4, 0.5) is 0 Å². The predicted octanol–water partition coefficient (Wildman–Crippen LogP) is -1.22. The second kappa shape index (κ2) is 2.56. The van der Waals surface area contributed by atoms with Gasteiger partial charge in [0.2, 0.25) is 0 Å². The lowest BCUT2D eigenvalue weighted by atomic mass is 10.5. The van der Waals surface area contributed by atoms with E-state index in [2.05, 4.69) is 15.7 Å².